The van der Waals surface area contributed by atoms with E-state index in [0.717, 1.165) is 30.2 Å². The number of benzene rings is 2. The van der Waals surface area contributed by atoms with E-state index in [1.165, 1.54) is 0 Å². The lowest BCUT2D eigenvalue weighted by Gasteiger charge is -2.07. The monoisotopic (exact) mass is 354 g/mol. The van der Waals surface area contributed by atoms with Gasteiger partial charge < -0.3 is 4.74 Å². The second-order valence-corrected chi connectivity index (χ2v) is 6.18. The normalized spacial score (nSPS) is 12.8. The summed E-state index contributed by atoms with van der Waals surface area (Å²) < 4.78 is 35.0. The van der Waals surface area contributed by atoms with Gasteiger partial charge in [-0.2, -0.15) is 5.10 Å². The lowest BCUT2D eigenvalue weighted by Crippen LogP contribution is -2.09. The van der Waals surface area contributed by atoms with Crippen molar-refractivity contribution in [3.05, 3.63) is 77.0 Å². The molecule has 0 saturated carbocycles. The lowest BCUT2D eigenvalue weighted by atomic mass is 10.0. The van der Waals surface area contributed by atoms with E-state index in [0.29, 0.717) is 18.7 Å². The van der Waals surface area contributed by atoms with Crippen molar-refractivity contribution in [3.8, 4) is 11.3 Å². The molecule has 0 unspecified atom stereocenters. The summed E-state index contributed by atoms with van der Waals surface area (Å²) in [6.07, 6.45) is 1.51. The molecule has 4 nitrogen and oxygen atoms in total. The number of hydrogen-bond donors (Lipinski definition) is 0. The number of hydrogen-bond acceptors (Lipinski definition) is 3. The minimum Gasteiger partial charge on any atom is -0.457 e. The second-order valence-electron chi connectivity index (χ2n) is 6.18. The first-order valence-corrected chi connectivity index (χ1v) is 8.39. The van der Waals surface area contributed by atoms with Crippen LogP contribution in [0.3, 0.4) is 0 Å². The van der Waals surface area contributed by atoms with Crippen LogP contribution in [0.25, 0.3) is 11.3 Å². The highest BCUT2D eigenvalue weighted by Gasteiger charge is 2.29. The Hall–Kier alpha value is -3.02. The topological polar surface area (TPSA) is 44.1 Å². The molecule has 0 spiro atoms. The molecule has 0 amide bonds. The minimum absolute atomic E-state index is 0.0291. The van der Waals surface area contributed by atoms with Gasteiger partial charge in [0.1, 0.15) is 29.5 Å². The fourth-order valence-corrected chi connectivity index (χ4v) is 3.21. The van der Waals surface area contributed by atoms with E-state index in [1.54, 1.807) is 4.68 Å². The molecule has 0 N–H and O–H groups in total. The Bertz CT molecular complexity index is 967. The van der Waals surface area contributed by atoms with Gasteiger partial charge in [-0.1, -0.05) is 30.3 Å². The van der Waals surface area contributed by atoms with Gasteiger partial charge in [-0.25, -0.2) is 13.6 Å². The molecule has 2 aromatic carbocycles. The number of aromatic nitrogens is 2. The molecule has 1 aliphatic heterocycles. The largest absolute Gasteiger partial charge is 0.457 e. The number of ether oxygens (including phenoxy) is 1. The molecular weight excluding hydrogens is 338 g/mol. The number of fused-ring (bicyclic) bond motifs is 1. The zero-order valence-corrected chi connectivity index (χ0v) is 13.9. The zero-order chi connectivity index (χ0) is 18.1. The Kier molecular flexibility index (Phi) is 4.24. The van der Waals surface area contributed by atoms with E-state index in [1.807, 2.05) is 30.3 Å². The Morgan fingerprint density at radius 1 is 1.15 bits per heavy atom. The molecule has 4 rings (SSSR count). The van der Waals surface area contributed by atoms with Crippen LogP contribution in [0.15, 0.2) is 48.5 Å². The van der Waals surface area contributed by atoms with Crippen LogP contribution in [-0.4, -0.2) is 15.7 Å². The van der Waals surface area contributed by atoms with Crippen LogP contribution in [0, 0.1) is 11.6 Å². The number of halogens is 2. The number of aryl methyl sites for hydroxylation is 1. The van der Waals surface area contributed by atoms with Crippen molar-refractivity contribution >= 4 is 5.97 Å². The van der Waals surface area contributed by atoms with Crippen LogP contribution < -0.4 is 0 Å². The van der Waals surface area contributed by atoms with Gasteiger partial charge in [0, 0.05) is 12.1 Å². The van der Waals surface area contributed by atoms with Crippen molar-refractivity contribution in [1.82, 2.24) is 9.78 Å². The highest BCUT2D eigenvalue weighted by Crippen LogP contribution is 2.32. The van der Waals surface area contributed by atoms with Crippen LogP contribution in [0.4, 0.5) is 8.78 Å². The predicted molar refractivity (Wildman–Crippen MR) is 91.5 cm³/mol. The Balaban J connectivity index is 1.71. The Morgan fingerprint density at radius 3 is 2.77 bits per heavy atom. The van der Waals surface area contributed by atoms with Crippen molar-refractivity contribution in [2.75, 3.05) is 0 Å². The lowest BCUT2D eigenvalue weighted by molar-refractivity contribution is 0.0472. The third kappa shape index (κ3) is 2.98. The molecule has 132 valence electrons. The molecule has 0 atom stereocenters. The summed E-state index contributed by atoms with van der Waals surface area (Å²) in [6, 6.07) is 12.4. The predicted octanol–water partition coefficient (Wildman–Crippen LogP) is 4.13. The Morgan fingerprint density at radius 2 is 1.96 bits per heavy atom. The maximum absolute atomic E-state index is 14.2. The van der Waals surface area contributed by atoms with Crippen LogP contribution in [-0.2, 0) is 24.3 Å². The number of carbonyl (C=O) groups excluding carboxylic acids is 1. The van der Waals surface area contributed by atoms with Crippen molar-refractivity contribution in [1.29, 1.82) is 0 Å². The number of esters is 1. The van der Waals surface area contributed by atoms with Gasteiger partial charge in [0.05, 0.1) is 5.69 Å². The average Bonchev–Trinajstić information content (AvgIpc) is 3.23. The van der Waals surface area contributed by atoms with Crippen molar-refractivity contribution in [2.24, 2.45) is 0 Å². The van der Waals surface area contributed by atoms with E-state index in [2.05, 4.69) is 5.10 Å². The maximum Gasteiger partial charge on any atom is 0.342 e. The third-order valence-corrected chi connectivity index (χ3v) is 4.44. The van der Waals surface area contributed by atoms with Crippen molar-refractivity contribution < 1.29 is 18.3 Å². The quantitative estimate of drug-likeness (QED) is 0.662. The van der Waals surface area contributed by atoms with Gasteiger partial charge in [-0.3, -0.25) is 4.68 Å². The van der Waals surface area contributed by atoms with Crippen LogP contribution in [0.2, 0.25) is 0 Å². The first-order valence-electron chi connectivity index (χ1n) is 8.39. The van der Waals surface area contributed by atoms with Crippen LogP contribution in [0.1, 0.15) is 28.0 Å². The molecule has 0 aliphatic carbocycles. The van der Waals surface area contributed by atoms with Gasteiger partial charge in [-0.15, -0.1) is 0 Å². The summed E-state index contributed by atoms with van der Waals surface area (Å²) in [5, 5.41) is 4.35. The maximum atomic E-state index is 14.2. The molecule has 1 aliphatic rings. The van der Waals surface area contributed by atoms with Crippen molar-refractivity contribution in [2.45, 2.75) is 26.0 Å². The molecule has 6 heteroatoms. The number of nitrogens with zero attached hydrogens (tertiary/aromatic N) is 2. The summed E-state index contributed by atoms with van der Waals surface area (Å²) in [6.45, 7) is 0.751. The van der Waals surface area contributed by atoms with E-state index >= 15 is 0 Å². The van der Waals surface area contributed by atoms with Gasteiger partial charge in [0.25, 0.3) is 0 Å². The molecule has 26 heavy (non-hydrogen) atoms. The highest BCUT2D eigenvalue weighted by atomic mass is 19.1. The third-order valence-electron chi connectivity index (χ3n) is 4.44. The molecule has 1 aromatic heterocycles. The summed E-state index contributed by atoms with van der Waals surface area (Å²) >= 11 is 0. The van der Waals surface area contributed by atoms with E-state index in [4.69, 9.17) is 4.74 Å². The fourth-order valence-electron chi connectivity index (χ4n) is 3.21. The first kappa shape index (κ1) is 16.4. The highest BCUT2D eigenvalue weighted by molar-refractivity contribution is 5.97. The first-order chi connectivity index (χ1) is 12.6. The van der Waals surface area contributed by atoms with Crippen molar-refractivity contribution in [3.63, 3.8) is 0 Å². The smallest absolute Gasteiger partial charge is 0.342 e. The standard InChI is InChI=1S/C20H16F2N2O2/c21-14-8-9-16(22)15(11-14)19-18(17-7-4-10-24(17)23-19)20(25)26-12-13-5-2-1-3-6-13/h1-3,5-6,8-9,11H,4,7,10,12H2. The molecule has 0 radical (unpaired) electrons. The zero-order valence-electron chi connectivity index (χ0n) is 13.9. The summed E-state index contributed by atoms with van der Waals surface area (Å²) in [5.41, 5.74) is 1.89. The number of carbonyl (C=O) groups is 1. The summed E-state index contributed by atoms with van der Waals surface area (Å²) in [4.78, 5) is 12.7. The van der Waals surface area contributed by atoms with E-state index in [-0.39, 0.29) is 23.4 Å². The molecule has 0 bridgehead atoms. The molecule has 2 heterocycles. The SMILES string of the molecule is O=C(OCc1ccccc1)c1c(-c2cc(F)ccc2F)nn2c1CCC2. The van der Waals surface area contributed by atoms with Gasteiger partial charge in [0.2, 0.25) is 0 Å². The van der Waals surface area contributed by atoms with E-state index < -0.39 is 17.6 Å². The summed E-state index contributed by atoms with van der Waals surface area (Å²) in [7, 11) is 0. The second kappa shape index (κ2) is 6.71. The van der Waals surface area contributed by atoms with Gasteiger partial charge in [0.15, 0.2) is 0 Å². The average molecular weight is 354 g/mol. The molecule has 0 saturated heterocycles. The molecule has 3 aromatic rings. The van der Waals surface area contributed by atoms with Gasteiger partial charge in [-0.05, 0) is 36.6 Å². The van der Waals surface area contributed by atoms with E-state index in [9.17, 15) is 13.6 Å². The molecule has 0 fully saturated rings. The molecular formula is C20H16F2N2O2. The van der Waals surface area contributed by atoms with Gasteiger partial charge >= 0.3 is 5.97 Å². The van der Waals surface area contributed by atoms with Crippen LogP contribution >= 0.6 is 0 Å². The summed E-state index contributed by atoms with van der Waals surface area (Å²) in [5.74, 6) is -1.78. The number of rotatable bonds is 4. The fraction of sp³-hybridized carbons (Fsp3) is 0.200. The minimum atomic E-state index is -0.625. The van der Waals surface area contributed by atoms with Crippen LogP contribution in [0.5, 0.6) is 0 Å². The Labute approximate surface area is 149 Å².